The standard InChI is InChI=1S/C23H22N2O6S/c1-14-16(6-5-7-17(14)22(28)29)18-9-8-15(31-18)12-19-21(27)25(23(30)32-19)13-20(26)24-10-3-2-4-11-24/h5-9,12H,2-4,10-11,13H2,1H3,(H,28,29)/b19-12-. The summed E-state index contributed by atoms with van der Waals surface area (Å²) >= 11 is 0.770. The maximum atomic E-state index is 12.7. The molecule has 0 radical (unpaired) electrons. The molecule has 1 N–H and O–H groups in total. The van der Waals surface area contributed by atoms with Gasteiger partial charge in [0.05, 0.1) is 10.5 Å². The number of benzene rings is 1. The first-order chi connectivity index (χ1) is 15.3. The number of hydrogen-bond acceptors (Lipinski definition) is 6. The van der Waals surface area contributed by atoms with E-state index in [0.717, 1.165) is 35.9 Å². The van der Waals surface area contributed by atoms with Crippen molar-refractivity contribution in [3.63, 3.8) is 0 Å². The molecule has 2 fully saturated rings. The monoisotopic (exact) mass is 454 g/mol. The Morgan fingerprint density at radius 2 is 1.88 bits per heavy atom. The molecule has 32 heavy (non-hydrogen) atoms. The first kappa shape index (κ1) is 21.9. The van der Waals surface area contributed by atoms with E-state index in [1.807, 2.05) is 0 Å². The second-order valence-electron chi connectivity index (χ2n) is 7.69. The van der Waals surface area contributed by atoms with E-state index in [4.69, 9.17) is 4.42 Å². The molecule has 9 heteroatoms. The summed E-state index contributed by atoms with van der Waals surface area (Å²) in [4.78, 5) is 51.8. The number of thioether (sulfide) groups is 1. The molecule has 0 spiro atoms. The van der Waals surface area contributed by atoms with Crippen LogP contribution in [0.15, 0.2) is 39.7 Å². The van der Waals surface area contributed by atoms with Crippen molar-refractivity contribution in [2.75, 3.05) is 19.6 Å². The molecule has 2 aliphatic heterocycles. The van der Waals surface area contributed by atoms with Gasteiger partial charge in [-0.25, -0.2) is 4.79 Å². The third kappa shape index (κ3) is 4.34. The Bertz CT molecular complexity index is 1130. The number of amides is 3. The zero-order chi connectivity index (χ0) is 22.8. The minimum atomic E-state index is -1.02. The second kappa shape index (κ2) is 9.04. The van der Waals surface area contributed by atoms with Crippen LogP contribution in [0.4, 0.5) is 4.79 Å². The molecule has 0 atom stereocenters. The van der Waals surface area contributed by atoms with Gasteiger partial charge < -0.3 is 14.4 Å². The van der Waals surface area contributed by atoms with Crippen molar-refractivity contribution in [2.45, 2.75) is 26.2 Å². The fraction of sp³-hybridized carbons (Fsp3) is 0.304. The highest BCUT2D eigenvalue weighted by Crippen LogP contribution is 2.34. The van der Waals surface area contributed by atoms with Crippen LogP contribution in [0.5, 0.6) is 0 Å². The molecular weight excluding hydrogens is 432 g/mol. The molecule has 3 amide bonds. The van der Waals surface area contributed by atoms with Gasteiger partial charge in [0, 0.05) is 24.7 Å². The topological polar surface area (TPSA) is 108 Å². The number of rotatable bonds is 5. The Hall–Kier alpha value is -3.33. The third-order valence-electron chi connectivity index (χ3n) is 5.61. The van der Waals surface area contributed by atoms with E-state index >= 15 is 0 Å². The van der Waals surface area contributed by atoms with Crippen molar-refractivity contribution in [3.05, 3.63) is 52.1 Å². The Morgan fingerprint density at radius 1 is 1.12 bits per heavy atom. The first-order valence-electron chi connectivity index (χ1n) is 10.3. The van der Waals surface area contributed by atoms with Gasteiger partial charge in [-0.2, -0.15) is 0 Å². The molecule has 0 saturated carbocycles. The minimum Gasteiger partial charge on any atom is -0.478 e. The summed E-state index contributed by atoms with van der Waals surface area (Å²) < 4.78 is 5.80. The first-order valence-corrected chi connectivity index (χ1v) is 11.1. The zero-order valence-electron chi connectivity index (χ0n) is 17.5. The summed E-state index contributed by atoms with van der Waals surface area (Å²) in [5, 5.41) is 8.83. The van der Waals surface area contributed by atoms with Crippen LogP contribution in [-0.2, 0) is 9.59 Å². The average Bonchev–Trinajstić information content (AvgIpc) is 3.34. The van der Waals surface area contributed by atoms with Gasteiger partial charge in [-0.05, 0) is 61.7 Å². The lowest BCUT2D eigenvalue weighted by Gasteiger charge is -2.27. The Labute approximate surface area is 188 Å². The van der Waals surface area contributed by atoms with Crippen molar-refractivity contribution in [1.82, 2.24) is 9.80 Å². The lowest BCUT2D eigenvalue weighted by atomic mass is 10.0. The summed E-state index contributed by atoms with van der Waals surface area (Å²) in [6, 6.07) is 8.24. The number of carbonyl (C=O) groups excluding carboxylic acids is 3. The van der Waals surface area contributed by atoms with E-state index in [9.17, 15) is 24.3 Å². The predicted octanol–water partition coefficient (Wildman–Crippen LogP) is 4.00. The van der Waals surface area contributed by atoms with Crippen molar-refractivity contribution in [2.24, 2.45) is 0 Å². The predicted molar refractivity (Wildman–Crippen MR) is 119 cm³/mol. The number of carboxylic acid groups (broad SMARTS) is 1. The summed E-state index contributed by atoms with van der Waals surface area (Å²) in [5.74, 6) is -0.956. The van der Waals surface area contributed by atoms with Crippen LogP contribution in [0, 0.1) is 6.92 Å². The maximum Gasteiger partial charge on any atom is 0.335 e. The molecule has 166 valence electrons. The summed E-state index contributed by atoms with van der Waals surface area (Å²) in [6.45, 7) is 2.75. The summed E-state index contributed by atoms with van der Waals surface area (Å²) in [7, 11) is 0. The van der Waals surface area contributed by atoms with Gasteiger partial charge in [0.2, 0.25) is 5.91 Å². The van der Waals surface area contributed by atoms with Crippen LogP contribution >= 0.6 is 11.8 Å². The lowest BCUT2D eigenvalue weighted by molar-refractivity contribution is -0.136. The van der Waals surface area contributed by atoms with E-state index in [1.54, 1.807) is 36.1 Å². The smallest absolute Gasteiger partial charge is 0.335 e. The number of aromatic carboxylic acids is 1. The molecule has 0 bridgehead atoms. The number of furan rings is 1. The fourth-order valence-electron chi connectivity index (χ4n) is 3.85. The molecule has 0 aliphatic carbocycles. The van der Waals surface area contributed by atoms with Crippen molar-refractivity contribution >= 4 is 40.9 Å². The molecule has 3 heterocycles. The zero-order valence-corrected chi connectivity index (χ0v) is 18.3. The highest BCUT2D eigenvalue weighted by molar-refractivity contribution is 8.18. The fourth-order valence-corrected chi connectivity index (χ4v) is 4.67. The van der Waals surface area contributed by atoms with Crippen LogP contribution in [-0.4, -0.2) is 57.6 Å². The van der Waals surface area contributed by atoms with Gasteiger partial charge in [0.1, 0.15) is 18.1 Å². The van der Waals surface area contributed by atoms with Crippen LogP contribution in [0.2, 0.25) is 0 Å². The van der Waals surface area contributed by atoms with Gasteiger partial charge in [0.25, 0.3) is 11.1 Å². The molecule has 2 aliphatic rings. The number of imide groups is 1. The molecule has 1 aromatic carbocycles. The highest BCUT2D eigenvalue weighted by Gasteiger charge is 2.37. The van der Waals surface area contributed by atoms with Gasteiger partial charge in [-0.1, -0.05) is 12.1 Å². The number of piperidine rings is 1. The van der Waals surface area contributed by atoms with E-state index in [-0.39, 0.29) is 22.9 Å². The maximum absolute atomic E-state index is 12.7. The Morgan fingerprint density at radius 3 is 2.59 bits per heavy atom. The highest BCUT2D eigenvalue weighted by atomic mass is 32.2. The van der Waals surface area contributed by atoms with Crippen LogP contribution < -0.4 is 0 Å². The molecule has 0 unspecified atom stereocenters. The van der Waals surface area contributed by atoms with Crippen LogP contribution in [0.1, 0.15) is 40.9 Å². The largest absolute Gasteiger partial charge is 0.478 e. The number of nitrogens with zero attached hydrogens (tertiary/aromatic N) is 2. The Balaban J connectivity index is 1.51. The minimum absolute atomic E-state index is 0.179. The van der Waals surface area contributed by atoms with Gasteiger partial charge in [0.15, 0.2) is 0 Å². The van der Waals surface area contributed by atoms with Gasteiger partial charge in [-0.3, -0.25) is 19.3 Å². The molecule has 1 aromatic heterocycles. The van der Waals surface area contributed by atoms with Crippen molar-refractivity contribution in [3.8, 4) is 11.3 Å². The quantitative estimate of drug-likeness (QED) is 0.680. The Kier molecular flexibility index (Phi) is 6.18. The van der Waals surface area contributed by atoms with E-state index in [1.165, 1.54) is 12.1 Å². The summed E-state index contributed by atoms with van der Waals surface area (Å²) in [6.07, 6.45) is 4.42. The lowest BCUT2D eigenvalue weighted by Crippen LogP contribution is -2.44. The van der Waals surface area contributed by atoms with Gasteiger partial charge >= 0.3 is 5.97 Å². The van der Waals surface area contributed by atoms with Crippen molar-refractivity contribution < 1.29 is 28.7 Å². The van der Waals surface area contributed by atoms with Crippen LogP contribution in [0.3, 0.4) is 0 Å². The number of hydrogen-bond donors (Lipinski definition) is 1. The SMILES string of the molecule is Cc1c(C(=O)O)cccc1-c1ccc(/C=C2\SC(=O)N(CC(=O)N3CCCCC3)C2=O)o1. The molecular formula is C23H22N2O6S. The van der Waals surface area contributed by atoms with Crippen LogP contribution in [0.25, 0.3) is 17.4 Å². The molecule has 4 rings (SSSR count). The average molecular weight is 455 g/mol. The second-order valence-corrected chi connectivity index (χ2v) is 8.69. The normalized spacial score (nSPS) is 18.0. The number of carbonyl (C=O) groups is 4. The van der Waals surface area contributed by atoms with Crippen molar-refractivity contribution in [1.29, 1.82) is 0 Å². The summed E-state index contributed by atoms with van der Waals surface area (Å²) in [5.41, 5.74) is 1.38. The van der Waals surface area contributed by atoms with Gasteiger partial charge in [-0.15, -0.1) is 0 Å². The third-order valence-corrected chi connectivity index (χ3v) is 6.51. The number of carboxylic acids is 1. The molecule has 2 aromatic rings. The van der Waals surface area contributed by atoms with E-state index in [2.05, 4.69) is 0 Å². The molecule has 2 saturated heterocycles. The van der Waals surface area contributed by atoms with E-state index < -0.39 is 17.1 Å². The number of likely N-dealkylation sites (tertiary alicyclic amines) is 1. The molecule has 8 nitrogen and oxygen atoms in total. The van der Waals surface area contributed by atoms with E-state index in [0.29, 0.717) is 35.7 Å².